The van der Waals surface area contributed by atoms with E-state index in [4.69, 9.17) is 11.6 Å². The fraction of sp³-hybridized carbons (Fsp3) is 0.200. The normalized spacial score (nSPS) is 10.9. The first-order chi connectivity index (χ1) is 12.1. The molecule has 0 bridgehead atoms. The predicted octanol–water partition coefficient (Wildman–Crippen LogP) is 3.94. The molecule has 0 saturated heterocycles. The summed E-state index contributed by atoms with van der Waals surface area (Å²) in [4.78, 5) is 12.6. The van der Waals surface area contributed by atoms with Gasteiger partial charge in [-0.1, -0.05) is 72.3 Å². The van der Waals surface area contributed by atoms with Gasteiger partial charge in [0.1, 0.15) is 5.15 Å². The van der Waals surface area contributed by atoms with Crippen molar-refractivity contribution in [3.8, 4) is 0 Å². The molecule has 0 unspecified atom stereocenters. The van der Waals surface area contributed by atoms with Crippen LogP contribution in [0.2, 0.25) is 5.15 Å². The van der Waals surface area contributed by atoms with Crippen LogP contribution in [0.5, 0.6) is 0 Å². The molecule has 3 rings (SSSR count). The Morgan fingerprint density at radius 3 is 2.04 bits per heavy atom. The molecule has 3 aromatic rings. The number of hydrogen-bond donors (Lipinski definition) is 1. The molecule has 1 heterocycles. The Morgan fingerprint density at radius 2 is 1.60 bits per heavy atom. The minimum Gasteiger partial charge on any atom is -0.351 e. The second kappa shape index (κ2) is 7.53. The molecule has 1 N–H and O–H groups in total. The summed E-state index contributed by atoms with van der Waals surface area (Å²) in [6.45, 7) is 2.27. The fourth-order valence-electron chi connectivity index (χ4n) is 2.97. The third kappa shape index (κ3) is 3.74. The largest absolute Gasteiger partial charge is 0.351 e. The van der Waals surface area contributed by atoms with Gasteiger partial charge in [-0.15, -0.1) is 0 Å². The maximum atomic E-state index is 12.6. The highest BCUT2D eigenvalue weighted by Gasteiger charge is 2.21. The fourth-order valence-corrected chi connectivity index (χ4v) is 3.23. The highest BCUT2D eigenvalue weighted by atomic mass is 35.5. The average Bonchev–Trinajstić information content (AvgIpc) is 2.89. The lowest BCUT2D eigenvalue weighted by atomic mass is 9.91. The second-order valence-electron chi connectivity index (χ2n) is 5.96. The Kier molecular flexibility index (Phi) is 5.19. The van der Waals surface area contributed by atoms with Gasteiger partial charge in [0, 0.05) is 19.5 Å². The van der Waals surface area contributed by atoms with Crippen molar-refractivity contribution < 1.29 is 4.79 Å². The Balaban J connectivity index is 1.83. The summed E-state index contributed by atoms with van der Waals surface area (Å²) in [5.74, 6) is -0.130. The van der Waals surface area contributed by atoms with Crippen LogP contribution in [0, 0.1) is 6.92 Å². The van der Waals surface area contributed by atoms with Crippen molar-refractivity contribution in [3.63, 3.8) is 0 Å². The zero-order valence-electron chi connectivity index (χ0n) is 14.2. The minimum absolute atomic E-state index is 0.0714. The van der Waals surface area contributed by atoms with E-state index in [0.717, 1.165) is 11.1 Å². The van der Waals surface area contributed by atoms with E-state index < -0.39 is 0 Å². The first-order valence-electron chi connectivity index (χ1n) is 8.15. The molecule has 0 saturated carbocycles. The molecule has 1 amide bonds. The number of carbonyl (C=O) groups is 1. The van der Waals surface area contributed by atoms with Crippen LogP contribution in [0.25, 0.3) is 0 Å². The smallest absolute Gasteiger partial charge is 0.256 e. The average molecular weight is 354 g/mol. The Morgan fingerprint density at radius 1 is 1.08 bits per heavy atom. The van der Waals surface area contributed by atoms with Gasteiger partial charge >= 0.3 is 0 Å². The molecule has 2 aromatic carbocycles. The lowest BCUT2D eigenvalue weighted by Crippen LogP contribution is -2.29. The topological polar surface area (TPSA) is 46.9 Å². The Bertz CT molecular complexity index is 820. The third-order valence-corrected chi connectivity index (χ3v) is 4.68. The number of hydrogen-bond acceptors (Lipinski definition) is 2. The number of aryl methyl sites for hydroxylation is 2. The summed E-state index contributed by atoms with van der Waals surface area (Å²) in [7, 11) is 1.73. The van der Waals surface area contributed by atoms with Gasteiger partial charge in [-0.3, -0.25) is 9.48 Å². The number of amides is 1. The lowest BCUT2D eigenvalue weighted by Gasteiger charge is -2.19. The summed E-state index contributed by atoms with van der Waals surface area (Å²) >= 11 is 6.20. The van der Waals surface area contributed by atoms with Crippen LogP contribution in [0.15, 0.2) is 60.7 Å². The molecule has 25 heavy (non-hydrogen) atoms. The molecule has 0 radical (unpaired) electrons. The summed E-state index contributed by atoms with van der Waals surface area (Å²) in [6.07, 6.45) is 0. The van der Waals surface area contributed by atoms with E-state index >= 15 is 0 Å². The first kappa shape index (κ1) is 17.2. The maximum Gasteiger partial charge on any atom is 0.256 e. The van der Waals surface area contributed by atoms with Crippen molar-refractivity contribution in [1.82, 2.24) is 15.1 Å². The maximum absolute atomic E-state index is 12.6. The molecule has 0 fully saturated rings. The molecule has 5 heteroatoms. The molecule has 0 aliphatic carbocycles. The van der Waals surface area contributed by atoms with E-state index in [-0.39, 0.29) is 11.8 Å². The minimum atomic E-state index is -0.201. The van der Waals surface area contributed by atoms with Crippen LogP contribution >= 0.6 is 11.6 Å². The molecule has 4 nitrogen and oxygen atoms in total. The van der Waals surface area contributed by atoms with Crippen molar-refractivity contribution in [1.29, 1.82) is 0 Å². The number of rotatable bonds is 5. The third-order valence-electron chi connectivity index (χ3n) is 4.25. The van der Waals surface area contributed by atoms with E-state index in [9.17, 15) is 4.79 Å². The number of nitrogens with one attached hydrogen (secondary N) is 1. The highest BCUT2D eigenvalue weighted by Crippen LogP contribution is 2.24. The highest BCUT2D eigenvalue weighted by molar-refractivity contribution is 6.33. The van der Waals surface area contributed by atoms with Gasteiger partial charge in [-0.05, 0) is 18.1 Å². The molecule has 0 atom stereocenters. The number of carbonyl (C=O) groups excluding carboxylic acids is 1. The van der Waals surface area contributed by atoms with Crippen LogP contribution in [-0.4, -0.2) is 22.2 Å². The number of aromatic nitrogens is 2. The number of halogens is 1. The Labute approximate surface area is 152 Å². The van der Waals surface area contributed by atoms with Crippen molar-refractivity contribution in [2.75, 3.05) is 6.54 Å². The van der Waals surface area contributed by atoms with Crippen molar-refractivity contribution in [2.24, 2.45) is 7.05 Å². The SMILES string of the molecule is Cc1nn(C)c(Cl)c1C(=O)NCC(c1ccccc1)c1ccccc1. The van der Waals surface area contributed by atoms with Gasteiger partial charge < -0.3 is 5.32 Å². The zero-order valence-corrected chi connectivity index (χ0v) is 15.0. The predicted molar refractivity (Wildman–Crippen MR) is 100 cm³/mol. The molecule has 1 aromatic heterocycles. The number of nitrogens with zero attached hydrogens (tertiary/aromatic N) is 2. The van der Waals surface area contributed by atoms with Crippen molar-refractivity contribution in [2.45, 2.75) is 12.8 Å². The van der Waals surface area contributed by atoms with E-state index in [2.05, 4.69) is 34.7 Å². The molecule has 0 aliphatic rings. The molecule has 0 spiro atoms. The van der Waals surface area contributed by atoms with Crippen LogP contribution in [0.1, 0.15) is 33.1 Å². The standard InChI is InChI=1S/C20H20ClN3O/c1-14-18(19(21)24(2)23-14)20(25)22-13-17(15-9-5-3-6-10-15)16-11-7-4-8-12-16/h3-12,17H,13H2,1-2H3,(H,22,25). The van der Waals surface area contributed by atoms with Gasteiger partial charge in [0.15, 0.2) is 0 Å². The van der Waals surface area contributed by atoms with Crippen LogP contribution in [0.3, 0.4) is 0 Å². The number of benzene rings is 2. The second-order valence-corrected chi connectivity index (χ2v) is 6.32. The van der Waals surface area contributed by atoms with Gasteiger partial charge in [0.05, 0.1) is 11.3 Å². The van der Waals surface area contributed by atoms with Gasteiger partial charge in [-0.25, -0.2) is 0 Å². The van der Waals surface area contributed by atoms with E-state index in [1.54, 1.807) is 14.0 Å². The van der Waals surface area contributed by atoms with E-state index in [1.165, 1.54) is 4.68 Å². The molecular weight excluding hydrogens is 334 g/mol. The quantitative estimate of drug-likeness (QED) is 0.755. The van der Waals surface area contributed by atoms with E-state index in [0.29, 0.717) is 23.0 Å². The van der Waals surface area contributed by atoms with Gasteiger partial charge in [0.25, 0.3) is 5.91 Å². The summed E-state index contributed by atoms with van der Waals surface area (Å²) in [6, 6.07) is 20.3. The summed E-state index contributed by atoms with van der Waals surface area (Å²) in [5.41, 5.74) is 3.37. The van der Waals surface area contributed by atoms with Crippen molar-refractivity contribution >= 4 is 17.5 Å². The van der Waals surface area contributed by atoms with Gasteiger partial charge in [0.2, 0.25) is 0 Å². The molecule has 128 valence electrons. The van der Waals surface area contributed by atoms with Crippen LogP contribution < -0.4 is 5.32 Å². The summed E-state index contributed by atoms with van der Waals surface area (Å²) < 4.78 is 1.51. The summed E-state index contributed by atoms with van der Waals surface area (Å²) in [5, 5.41) is 7.57. The molecule has 0 aliphatic heterocycles. The molecular formula is C20H20ClN3O. The zero-order chi connectivity index (χ0) is 17.8. The first-order valence-corrected chi connectivity index (χ1v) is 8.53. The van der Waals surface area contributed by atoms with Crippen LogP contribution in [-0.2, 0) is 7.05 Å². The monoisotopic (exact) mass is 353 g/mol. The van der Waals surface area contributed by atoms with E-state index in [1.807, 2.05) is 36.4 Å². The van der Waals surface area contributed by atoms with Crippen LogP contribution in [0.4, 0.5) is 0 Å². The van der Waals surface area contributed by atoms with Crippen molar-refractivity contribution in [3.05, 3.63) is 88.2 Å². The van der Waals surface area contributed by atoms with Gasteiger partial charge in [-0.2, -0.15) is 5.10 Å². The Hall–Kier alpha value is -2.59. The lowest BCUT2D eigenvalue weighted by molar-refractivity contribution is 0.0952.